The first-order chi connectivity index (χ1) is 9.28. The first-order valence-corrected chi connectivity index (χ1v) is 6.10. The molecule has 3 rings (SSSR count). The third-order valence-electron chi connectivity index (χ3n) is 2.97. The van der Waals surface area contributed by atoms with E-state index >= 15 is 0 Å². The summed E-state index contributed by atoms with van der Waals surface area (Å²) in [7, 11) is 0. The number of nitrogens with zero attached hydrogens (tertiary/aromatic N) is 3. The van der Waals surface area contributed by atoms with Crippen molar-refractivity contribution in [3.05, 3.63) is 43.0 Å². The normalized spacial score (nSPS) is 10.8. The smallest absolute Gasteiger partial charge is 0.165 e. The van der Waals surface area contributed by atoms with Gasteiger partial charge in [0.05, 0.1) is 12.4 Å². The Morgan fingerprint density at radius 3 is 2.89 bits per heavy atom. The van der Waals surface area contributed by atoms with Gasteiger partial charge in [0.25, 0.3) is 0 Å². The number of rotatable bonds is 3. The summed E-state index contributed by atoms with van der Waals surface area (Å²) >= 11 is 0. The van der Waals surface area contributed by atoms with Crippen LogP contribution >= 0.6 is 0 Å². The maximum Gasteiger partial charge on any atom is 0.165 e. The molecule has 0 saturated carbocycles. The van der Waals surface area contributed by atoms with Crippen molar-refractivity contribution in [1.82, 2.24) is 14.8 Å². The fraction of sp³-hybridized carbons (Fsp3) is 0.143. The molecule has 0 aliphatic carbocycles. The number of fused-ring (bicyclic) bond motifs is 1. The Labute approximate surface area is 110 Å². The lowest BCUT2D eigenvalue weighted by Crippen LogP contribution is -1.92. The Balaban J connectivity index is 2.03. The molecule has 0 aliphatic rings. The lowest BCUT2D eigenvalue weighted by Gasteiger charge is -2.08. The van der Waals surface area contributed by atoms with Gasteiger partial charge < -0.3 is 10.5 Å². The molecule has 19 heavy (non-hydrogen) atoms. The molecule has 0 saturated heterocycles. The number of aryl methyl sites for hydroxylation is 1. The molecule has 0 amide bonds. The van der Waals surface area contributed by atoms with Crippen molar-refractivity contribution in [2.45, 2.75) is 13.5 Å². The Morgan fingerprint density at radius 1 is 1.21 bits per heavy atom. The van der Waals surface area contributed by atoms with Crippen molar-refractivity contribution in [1.29, 1.82) is 0 Å². The van der Waals surface area contributed by atoms with Crippen LogP contribution in [0.2, 0.25) is 0 Å². The molecule has 96 valence electrons. The number of aromatic nitrogens is 3. The van der Waals surface area contributed by atoms with Crippen LogP contribution in [-0.2, 0) is 6.54 Å². The minimum atomic E-state index is 0.694. The molecule has 0 aliphatic heterocycles. The zero-order valence-electron chi connectivity index (χ0n) is 10.6. The summed E-state index contributed by atoms with van der Waals surface area (Å²) in [6.45, 7) is 2.84. The van der Waals surface area contributed by atoms with E-state index in [1.54, 1.807) is 18.6 Å². The number of anilines is 1. The van der Waals surface area contributed by atoms with Crippen LogP contribution in [0.25, 0.3) is 10.8 Å². The zero-order valence-corrected chi connectivity index (χ0v) is 10.6. The molecule has 0 atom stereocenters. The van der Waals surface area contributed by atoms with Crippen molar-refractivity contribution < 1.29 is 4.74 Å². The van der Waals surface area contributed by atoms with Crippen LogP contribution in [-0.4, -0.2) is 14.8 Å². The molecule has 1 aromatic carbocycles. The molecule has 0 bridgehead atoms. The van der Waals surface area contributed by atoms with Crippen LogP contribution in [0.4, 0.5) is 5.69 Å². The van der Waals surface area contributed by atoms with Gasteiger partial charge >= 0.3 is 0 Å². The molecule has 5 heteroatoms. The van der Waals surface area contributed by atoms with Crippen molar-refractivity contribution >= 4 is 16.5 Å². The highest BCUT2D eigenvalue weighted by molar-refractivity contribution is 5.96. The summed E-state index contributed by atoms with van der Waals surface area (Å²) in [5.41, 5.74) is 6.63. The topological polar surface area (TPSA) is 66.0 Å². The fourth-order valence-electron chi connectivity index (χ4n) is 1.97. The number of hydrogen-bond donors (Lipinski definition) is 1. The predicted octanol–water partition coefficient (Wildman–Crippen LogP) is 2.83. The standard InChI is InChI=1S/C14H14N4O/c1-2-18-9-10(7-17-18)19-14-4-3-13(15)12-8-16-6-5-11(12)14/h3-9H,2,15H2,1H3. The number of nitrogens with two attached hydrogens (primary N) is 1. The van der Waals surface area contributed by atoms with Gasteiger partial charge in [0.1, 0.15) is 5.75 Å². The first kappa shape index (κ1) is 11.5. The predicted molar refractivity (Wildman–Crippen MR) is 74.1 cm³/mol. The van der Waals surface area contributed by atoms with Crippen LogP contribution < -0.4 is 10.5 Å². The molecule has 0 fully saturated rings. The SMILES string of the molecule is CCn1cc(Oc2ccc(N)c3cnccc23)cn1. The summed E-state index contributed by atoms with van der Waals surface area (Å²) in [5, 5.41) is 6.02. The molecular weight excluding hydrogens is 240 g/mol. The molecule has 0 spiro atoms. The third kappa shape index (κ3) is 2.10. The van der Waals surface area contributed by atoms with Gasteiger partial charge in [-0.15, -0.1) is 0 Å². The second-order valence-electron chi connectivity index (χ2n) is 4.21. The van der Waals surface area contributed by atoms with E-state index in [1.165, 1.54) is 0 Å². The van der Waals surface area contributed by atoms with Gasteiger partial charge in [-0.1, -0.05) is 0 Å². The molecule has 2 aromatic heterocycles. The number of nitrogen functional groups attached to an aromatic ring is 1. The Bertz CT molecular complexity index is 720. The van der Waals surface area contributed by atoms with E-state index < -0.39 is 0 Å². The number of hydrogen-bond acceptors (Lipinski definition) is 4. The average molecular weight is 254 g/mol. The summed E-state index contributed by atoms with van der Waals surface area (Å²) in [5.74, 6) is 1.46. The van der Waals surface area contributed by atoms with E-state index in [-0.39, 0.29) is 0 Å². The van der Waals surface area contributed by atoms with Gasteiger partial charge in [-0.3, -0.25) is 9.67 Å². The minimum Gasteiger partial charge on any atom is -0.453 e. The first-order valence-electron chi connectivity index (χ1n) is 6.10. The molecule has 0 radical (unpaired) electrons. The van der Waals surface area contributed by atoms with Gasteiger partial charge in [-0.2, -0.15) is 5.10 Å². The summed E-state index contributed by atoms with van der Waals surface area (Å²) in [4.78, 5) is 4.09. The molecule has 0 unspecified atom stereocenters. The highest BCUT2D eigenvalue weighted by Gasteiger charge is 2.07. The molecule has 2 N–H and O–H groups in total. The van der Waals surface area contributed by atoms with E-state index in [0.29, 0.717) is 11.4 Å². The highest BCUT2D eigenvalue weighted by Crippen LogP contribution is 2.32. The Hall–Kier alpha value is -2.56. The lowest BCUT2D eigenvalue weighted by atomic mass is 10.1. The molecule has 5 nitrogen and oxygen atoms in total. The number of ether oxygens (including phenoxy) is 1. The Morgan fingerprint density at radius 2 is 2.11 bits per heavy atom. The maximum absolute atomic E-state index is 5.93. The quantitative estimate of drug-likeness (QED) is 0.730. The Kier molecular flexibility index (Phi) is 2.79. The van der Waals surface area contributed by atoms with E-state index in [0.717, 1.165) is 23.1 Å². The summed E-state index contributed by atoms with van der Waals surface area (Å²) in [6.07, 6.45) is 7.04. The molecule has 2 heterocycles. The van der Waals surface area contributed by atoms with Gasteiger partial charge in [0.2, 0.25) is 0 Å². The van der Waals surface area contributed by atoms with Gasteiger partial charge in [-0.25, -0.2) is 0 Å². The van der Waals surface area contributed by atoms with E-state index in [2.05, 4.69) is 10.1 Å². The highest BCUT2D eigenvalue weighted by atomic mass is 16.5. The fourth-order valence-corrected chi connectivity index (χ4v) is 1.97. The molecular formula is C14H14N4O. The summed E-state index contributed by atoms with van der Waals surface area (Å²) < 4.78 is 7.68. The minimum absolute atomic E-state index is 0.694. The van der Waals surface area contributed by atoms with E-state index in [4.69, 9.17) is 10.5 Å². The second-order valence-corrected chi connectivity index (χ2v) is 4.21. The van der Waals surface area contributed by atoms with Gasteiger partial charge in [0.15, 0.2) is 5.75 Å². The lowest BCUT2D eigenvalue weighted by molar-refractivity contribution is 0.487. The van der Waals surface area contributed by atoms with Crippen molar-refractivity contribution in [3.8, 4) is 11.5 Å². The monoisotopic (exact) mass is 254 g/mol. The largest absolute Gasteiger partial charge is 0.453 e. The van der Waals surface area contributed by atoms with E-state index in [9.17, 15) is 0 Å². The van der Waals surface area contributed by atoms with Crippen LogP contribution in [0.15, 0.2) is 43.0 Å². The zero-order chi connectivity index (χ0) is 13.2. The second kappa shape index (κ2) is 4.61. The number of benzene rings is 1. The van der Waals surface area contributed by atoms with Crippen LogP contribution in [0.5, 0.6) is 11.5 Å². The van der Waals surface area contributed by atoms with Crippen LogP contribution in [0.3, 0.4) is 0 Å². The van der Waals surface area contributed by atoms with Gasteiger partial charge in [0, 0.05) is 35.4 Å². The van der Waals surface area contributed by atoms with E-state index in [1.807, 2.05) is 36.0 Å². The van der Waals surface area contributed by atoms with Crippen molar-refractivity contribution in [2.75, 3.05) is 5.73 Å². The number of pyridine rings is 1. The van der Waals surface area contributed by atoms with Gasteiger partial charge in [-0.05, 0) is 25.1 Å². The maximum atomic E-state index is 5.93. The average Bonchev–Trinajstić information content (AvgIpc) is 2.90. The van der Waals surface area contributed by atoms with Crippen molar-refractivity contribution in [3.63, 3.8) is 0 Å². The van der Waals surface area contributed by atoms with Crippen LogP contribution in [0.1, 0.15) is 6.92 Å². The molecule has 3 aromatic rings. The van der Waals surface area contributed by atoms with Crippen LogP contribution in [0, 0.1) is 0 Å². The summed E-state index contributed by atoms with van der Waals surface area (Å²) in [6, 6.07) is 5.58. The third-order valence-corrected chi connectivity index (χ3v) is 2.97. The van der Waals surface area contributed by atoms with Crippen molar-refractivity contribution in [2.24, 2.45) is 0 Å².